The lowest BCUT2D eigenvalue weighted by molar-refractivity contribution is 0.712. The van der Waals surface area contributed by atoms with E-state index in [2.05, 4.69) is 38.0 Å². The van der Waals surface area contributed by atoms with E-state index in [1.165, 1.54) is 0 Å². The second-order valence-corrected chi connectivity index (χ2v) is 5.59. The Morgan fingerprint density at radius 2 is 2.08 bits per heavy atom. The fourth-order valence-electron chi connectivity index (χ4n) is 2.59. The summed E-state index contributed by atoms with van der Waals surface area (Å²) in [6, 6.07) is 14.2. The fraction of sp³-hybridized carbons (Fsp3) is 0.167. The fourth-order valence-corrected chi connectivity index (χ4v) is 2.59. The normalized spacial score (nSPS) is 14.6. The summed E-state index contributed by atoms with van der Waals surface area (Å²) < 4.78 is 2.02. The number of nitrogens with zero attached hydrogens (tertiary/aromatic N) is 4. The number of hydrogen-bond donors (Lipinski definition) is 2. The highest BCUT2D eigenvalue weighted by Gasteiger charge is 2.04. The molecular weight excluding hydrogens is 300 g/mol. The van der Waals surface area contributed by atoms with Crippen LogP contribution in [-0.2, 0) is 0 Å². The molecule has 2 N–H and O–H groups in total. The average Bonchev–Trinajstić information content (AvgIpc) is 3.07. The van der Waals surface area contributed by atoms with Crippen LogP contribution in [0.5, 0.6) is 0 Å². The highest BCUT2D eigenvalue weighted by Crippen LogP contribution is 2.19. The molecule has 120 valence electrons. The van der Waals surface area contributed by atoms with Crippen LogP contribution in [0.1, 0.15) is 12.0 Å². The Hall–Kier alpha value is -3.15. The van der Waals surface area contributed by atoms with Crippen molar-refractivity contribution in [2.75, 3.05) is 13.1 Å². The van der Waals surface area contributed by atoms with Gasteiger partial charge in [-0.15, -0.1) is 0 Å². The third kappa shape index (κ3) is 3.12. The minimum absolute atomic E-state index is 0.735. The predicted octanol–water partition coefficient (Wildman–Crippen LogP) is 2.27. The van der Waals surface area contributed by atoms with Gasteiger partial charge in [-0.2, -0.15) is 5.10 Å². The van der Waals surface area contributed by atoms with Gasteiger partial charge in [-0.25, -0.2) is 10.4 Å². The van der Waals surface area contributed by atoms with Crippen molar-refractivity contribution in [3.63, 3.8) is 0 Å². The number of benzene rings is 1. The lowest BCUT2D eigenvalue weighted by atomic mass is 10.1. The lowest BCUT2D eigenvalue weighted by Crippen LogP contribution is -2.38. The van der Waals surface area contributed by atoms with Gasteiger partial charge in [-0.05, 0) is 24.1 Å². The van der Waals surface area contributed by atoms with Crippen molar-refractivity contribution in [2.45, 2.75) is 6.42 Å². The molecule has 0 atom stereocenters. The zero-order chi connectivity index (χ0) is 16.2. The van der Waals surface area contributed by atoms with E-state index in [9.17, 15) is 0 Å². The number of aliphatic imine (C=N–C) groups is 1. The molecule has 1 aliphatic rings. The number of guanidine groups is 1. The molecule has 2 aromatic heterocycles. The zero-order valence-corrected chi connectivity index (χ0v) is 13.2. The number of rotatable bonds is 3. The van der Waals surface area contributed by atoms with E-state index in [-0.39, 0.29) is 0 Å². The van der Waals surface area contributed by atoms with E-state index in [1.807, 2.05) is 47.1 Å². The Morgan fingerprint density at radius 3 is 2.88 bits per heavy atom. The van der Waals surface area contributed by atoms with E-state index in [0.29, 0.717) is 0 Å². The van der Waals surface area contributed by atoms with Gasteiger partial charge < -0.3 is 9.72 Å². The smallest absolute Gasteiger partial charge is 0.212 e. The van der Waals surface area contributed by atoms with Crippen LogP contribution in [0.25, 0.3) is 16.9 Å². The van der Waals surface area contributed by atoms with Crippen LogP contribution in [0.4, 0.5) is 0 Å². The first kappa shape index (κ1) is 14.4. The van der Waals surface area contributed by atoms with Gasteiger partial charge in [0.05, 0.1) is 11.9 Å². The molecule has 6 nitrogen and oxygen atoms in total. The van der Waals surface area contributed by atoms with Gasteiger partial charge >= 0.3 is 0 Å². The summed E-state index contributed by atoms with van der Waals surface area (Å²) in [4.78, 5) is 8.93. The number of aromatic nitrogens is 2. The molecule has 6 heteroatoms. The Labute approximate surface area is 140 Å². The molecular formula is C18H18N6. The first-order valence-corrected chi connectivity index (χ1v) is 8.00. The van der Waals surface area contributed by atoms with Crippen LogP contribution in [0.3, 0.4) is 0 Å². The number of fused-ring (bicyclic) bond motifs is 1. The van der Waals surface area contributed by atoms with Crippen LogP contribution in [0.15, 0.2) is 65.0 Å². The summed E-state index contributed by atoms with van der Waals surface area (Å²) in [5.41, 5.74) is 6.94. The summed E-state index contributed by atoms with van der Waals surface area (Å²) in [5.74, 6) is 0.735. The Kier molecular flexibility index (Phi) is 3.93. The molecule has 0 fully saturated rings. The summed E-state index contributed by atoms with van der Waals surface area (Å²) >= 11 is 0. The van der Waals surface area contributed by atoms with Gasteiger partial charge in [-0.1, -0.05) is 30.3 Å². The van der Waals surface area contributed by atoms with E-state index in [1.54, 1.807) is 6.21 Å². The highest BCUT2D eigenvalue weighted by molar-refractivity contribution is 5.84. The van der Waals surface area contributed by atoms with Crippen LogP contribution in [-0.4, -0.2) is 34.6 Å². The Balaban J connectivity index is 1.47. The lowest BCUT2D eigenvalue weighted by Gasteiger charge is -2.12. The van der Waals surface area contributed by atoms with Crippen molar-refractivity contribution in [1.82, 2.24) is 20.1 Å². The second kappa shape index (κ2) is 6.54. The van der Waals surface area contributed by atoms with Gasteiger partial charge in [0.1, 0.15) is 5.65 Å². The maximum absolute atomic E-state index is 4.63. The number of imidazole rings is 1. The molecule has 3 heterocycles. The van der Waals surface area contributed by atoms with Crippen molar-refractivity contribution >= 4 is 17.8 Å². The molecule has 1 aliphatic heterocycles. The average molecular weight is 318 g/mol. The largest absolute Gasteiger partial charge is 0.355 e. The van der Waals surface area contributed by atoms with Crippen LogP contribution in [0.2, 0.25) is 0 Å². The molecule has 3 aromatic rings. The zero-order valence-electron chi connectivity index (χ0n) is 13.2. The number of hydrogen-bond acceptors (Lipinski definition) is 5. The van der Waals surface area contributed by atoms with Crippen LogP contribution >= 0.6 is 0 Å². The molecule has 4 rings (SSSR count). The topological polar surface area (TPSA) is 66.1 Å². The van der Waals surface area contributed by atoms with E-state index in [0.717, 1.165) is 47.9 Å². The molecule has 0 aliphatic carbocycles. The molecule has 1 aromatic carbocycles. The maximum atomic E-state index is 4.63. The Bertz CT molecular complexity index is 858. The molecule has 24 heavy (non-hydrogen) atoms. The molecule has 0 bridgehead atoms. The maximum Gasteiger partial charge on any atom is 0.212 e. The third-order valence-corrected chi connectivity index (χ3v) is 3.85. The van der Waals surface area contributed by atoms with Crippen molar-refractivity contribution in [3.05, 3.63) is 60.4 Å². The minimum atomic E-state index is 0.735. The number of nitrogens with one attached hydrogen (secondary N) is 2. The number of hydrazone groups is 1. The quantitative estimate of drug-likeness (QED) is 0.575. The number of pyridine rings is 1. The molecule has 0 saturated heterocycles. The van der Waals surface area contributed by atoms with Crippen LogP contribution in [0, 0.1) is 0 Å². The molecule has 0 spiro atoms. The summed E-state index contributed by atoms with van der Waals surface area (Å²) in [6.45, 7) is 1.79. The third-order valence-electron chi connectivity index (χ3n) is 3.85. The predicted molar refractivity (Wildman–Crippen MR) is 96.3 cm³/mol. The second-order valence-electron chi connectivity index (χ2n) is 5.59. The van der Waals surface area contributed by atoms with Crippen molar-refractivity contribution in [3.8, 4) is 11.3 Å². The molecule has 0 unspecified atom stereocenters. The van der Waals surface area contributed by atoms with E-state index < -0.39 is 0 Å². The monoisotopic (exact) mass is 318 g/mol. The SMILES string of the molecule is C(=N\NC1=NCCCN1)/c1ccc(-c2cn3ccccc3n2)cc1. The first-order valence-electron chi connectivity index (χ1n) is 8.00. The van der Waals surface area contributed by atoms with Gasteiger partial charge in [0.15, 0.2) is 0 Å². The summed E-state index contributed by atoms with van der Waals surface area (Å²) in [7, 11) is 0. The standard InChI is InChI=1S/C18H18N6/c1-2-11-24-13-16(22-17(24)4-1)15-7-5-14(6-8-15)12-21-23-18-19-9-3-10-20-18/h1-2,4-8,11-13H,3,9-10H2,(H2,19,20,23)/b21-12+. The van der Waals surface area contributed by atoms with Crippen molar-refractivity contribution < 1.29 is 0 Å². The van der Waals surface area contributed by atoms with E-state index in [4.69, 9.17) is 0 Å². The van der Waals surface area contributed by atoms with Crippen LogP contribution < -0.4 is 10.7 Å². The highest BCUT2D eigenvalue weighted by atomic mass is 15.4. The Morgan fingerprint density at radius 1 is 1.17 bits per heavy atom. The van der Waals surface area contributed by atoms with Crippen molar-refractivity contribution in [2.24, 2.45) is 10.1 Å². The van der Waals surface area contributed by atoms with E-state index >= 15 is 0 Å². The summed E-state index contributed by atoms with van der Waals surface area (Å²) in [5, 5.41) is 7.38. The molecule has 0 saturated carbocycles. The van der Waals surface area contributed by atoms with Crippen molar-refractivity contribution in [1.29, 1.82) is 0 Å². The first-order chi connectivity index (χ1) is 11.9. The van der Waals surface area contributed by atoms with Gasteiger partial charge in [0, 0.05) is 31.0 Å². The van der Waals surface area contributed by atoms with Gasteiger partial charge in [0.25, 0.3) is 0 Å². The molecule has 0 radical (unpaired) electrons. The molecule has 0 amide bonds. The minimum Gasteiger partial charge on any atom is -0.355 e. The van der Waals surface area contributed by atoms with Gasteiger partial charge in [0.2, 0.25) is 5.96 Å². The summed E-state index contributed by atoms with van der Waals surface area (Å²) in [6.07, 6.45) is 6.89. The van der Waals surface area contributed by atoms with Gasteiger partial charge in [-0.3, -0.25) is 4.99 Å².